The third-order valence-electron chi connectivity index (χ3n) is 4.97. The molecule has 0 aromatic rings. The quantitative estimate of drug-likeness (QED) is 0.769. The van der Waals surface area contributed by atoms with Gasteiger partial charge in [0.05, 0.1) is 17.6 Å². The number of amides is 1. The highest BCUT2D eigenvalue weighted by atomic mass is 32.1. The van der Waals surface area contributed by atoms with E-state index in [0.717, 1.165) is 6.42 Å². The number of rotatable bonds is 3. The number of carbonyl (C=O) groups is 1. The van der Waals surface area contributed by atoms with Crippen molar-refractivity contribution in [2.24, 2.45) is 5.41 Å². The molecule has 1 amide bonds. The Morgan fingerprint density at radius 1 is 1.52 bits per heavy atom. The number of thiocarbonyl (C=S) groups is 1. The smallest absolute Gasteiger partial charge is 0.247 e. The summed E-state index contributed by atoms with van der Waals surface area (Å²) in [6.45, 7) is 9.07. The second-order valence-corrected chi connectivity index (χ2v) is 7.24. The van der Waals surface area contributed by atoms with Crippen LogP contribution < -0.4 is 10.6 Å². The van der Waals surface area contributed by atoms with E-state index in [2.05, 4.69) is 31.4 Å². The molecule has 0 aromatic carbocycles. The molecule has 2 aliphatic rings. The second kappa shape index (κ2) is 6.18. The van der Waals surface area contributed by atoms with Crippen LogP contribution in [0.3, 0.4) is 0 Å². The van der Waals surface area contributed by atoms with E-state index in [4.69, 9.17) is 17.0 Å². The van der Waals surface area contributed by atoms with Gasteiger partial charge < -0.3 is 20.3 Å². The molecule has 2 heterocycles. The van der Waals surface area contributed by atoms with E-state index in [1.165, 1.54) is 0 Å². The van der Waals surface area contributed by atoms with Crippen LogP contribution in [0.4, 0.5) is 0 Å². The Labute approximate surface area is 132 Å². The summed E-state index contributed by atoms with van der Waals surface area (Å²) in [6.07, 6.45) is 1.46. The Kier molecular flexibility index (Phi) is 4.90. The summed E-state index contributed by atoms with van der Waals surface area (Å²) in [7, 11) is 1.86. The molecular formula is C15H27N3O2S. The second-order valence-electron chi connectivity index (χ2n) is 6.80. The van der Waals surface area contributed by atoms with Gasteiger partial charge >= 0.3 is 0 Å². The first-order valence-corrected chi connectivity index (χ1v) is 8.10. The average Bonchev–Trinajstić information content (AvgIpc) is 2.55. The molecule has 0 aliphatic carbocycles. The lowest BCUT2D eigenvalue weighted by Crippen LogP contribution is -2.53. The van der Waals surface area contributed by atoms with Crippen molar-refractivity contribution in [1.29, 1.82) is 0 Å². The maximum atomic E-state index is 12.9. The third kappa shape index (κ3) is 3.22. The van der Waals surface area contributed by atoms with Crippen LogP contribution in [0.1, 0.15) is 40.5 Å². The zero-order valence-electron chi connectivity index (χ0n) is 13.6. The maximum Gasteiger partial charge on any atom is 0.247 e. The van der Waals surface area contributed by atoms with Crippen LogP contribution in [-0.4, -0.2) is 53.8 Å². The lowest BCUT2D eigenvalue weighted by atomic mass is 9.85. The van der Waals surface area contributed by atoms with Crippen molar-refractivity contribution >= 4 is 23.1 Å². The minimum Gasteiger partial charge on any atom is -0.367 e. The molecule has 4 atom stereocenters. The van der Waals surface area contributed by atoms with E-state index in [9.17, 15) is 4.79 Å². The zero-order valence-corrected chi connectivity index (χ0v) is 14.4. The van der Waals surface area contributed by atoms with E-state index in [-0.39, 0.29) is 35.7 Å². The zero-order chi connectivity index (χ0) is 15.8. The van der Waals surface area contributed by atoms with Crippen LogP contribution in [0.15, 0.2) is 0 Å². The van der Waals surface area contributed by atoms with Crippen LogP contribution in [-0.2, 0) is 9.53 Å². The molecule has 0 radical (unpaired) electrons. The van der Waals surface area contributed by atoms with E-state index in [0.29, 0.717) is 18.0 Å². The number of fused-ring (bicyclic) bond motifs is 1. The van der Waals surface area contributed by atoms with Gasteiger partial charge in [-0.2, -0.15) is 0 Å². The molecule has 0 aromatic heterocycles. The predicted octanol–water partition coefficient (Wildman–Crippen LogP) is 1.27. The van der Waals surface area contributed by atoms with Gasteiger partial charge in [0.15, 0.2) is 0 Å². The summed E-state index contributed by atoms with van der Waals surface area (Å²) in [6, 6.07) is -0.0532. The SMILES string of the molecule is CN[C@@H](C)C(=S)N[C@H]1CCO[C@H]2CC(C)(C)C(C)N2C1=O. The Morgan fingerprint density at radius 2 is 2.19 bits per heavy atom. The van der Waals surface area contributed by atoms with Gasteiger partial charge in [-0.05, 0) is 39.2 Å². The van der Waals surface area contributed by atoms with E-state index >= 15 is 0 Å². The molecule has 2 rings (SSSR count). The summed E-state index contributed by atoms with van der Waals surface area (Å²) in [4.78, 5) is 15.5. The first-order chi connectivity index (χ1) is 9.77. The Balaban J connectivity index is 2.12. The normalized spacial score (nSPS) is 33.3. The molecule has 21 heavy (non-hydrogen) atoms. The van der Waals surface area contributed by atoms with Gasteiger partial charge in [0.25, 0.3) is 0 Å². The highest BCUT2D eigenvalue weighted by Gasteiger charge is 2.49. The molecule has 0 saturated carbocycles. The van der Waals surface area contributed by atoms with Gasteiger partial charge in [-0.25, -0.2) is 0 Å². The number of hydrogen-bond donors (Lipinski definition) is 2. The van der Waals surface area contributed by atoms with Gasteiger partial charge in [0.1, 0.15) is 12.3 Å². The monoisotopic (exact) mass is 313 g/mol. The van der Waals surface area contributed by atoms with Crippen molar-refractivity contribution in [2.75, 3.05) is 13.7 Å². The van der Waals surface area contributed by atoms with Crippen LogP contribution in [0, 0.1) is 5.41 Å². The van der Waals surface area contributed by atoms with Crippen molar-refractivity contribution in [2.45, 2.75) is 64.9 Å². The van der Waals surface area contributed by atoms with Crippen LogP contribution in [0.25, 0.3) is 0 Å². The lowest BCUT2D eigenvalue weighted by molar-refractivity contribution is -0.141. The summed E-state index contributed by atoms with van der Waals surface area (Å²) in [5.74, 6) is 0.112. The summed E-state index contributed by atoms with van der Waals surface area (Å²) < 4.78 is 5.91. The Morgan fingerprint density at radius 3 is 2.81 bits per heavy atom. The summed E-state index contributed by atoms with van der Waals surface area (Å²) in [5, 5.41) is 6.31. The summed E-state index contributed by atoms with van der Waals surface area (Å²) >= 11 is 5.36. The van der Waals surface area contributed by atoms with Crippen molar-refractivity contribution in [3.05, 3.63) is 0 Å². The average molecular weight is 313 g/mol. The first kappa shape index (κ1) is 16.6. The summed E-state index contributed by atoms with van der Waals surface area (Å²) in [5.41, 5.74) is 0.0843. The molecular weight excluding hydrogens is 286 g/mol. The van der Waals surface area contributed by atoms with Gasteiger partial charge in [-0.3, -0.25) is 4.79 Å². The Hall–Kier alpha value is -0.720. The molecule has 2 saturated heterocycles. The highest BCUT2D eigenvalue weighted by molar-refractivity contribution is 7.80. The van der Waals surface area contributed by atoms with Gasteiger partial charge in [-0.15, -0.1) is 0 Å². The largest absolute Gasteiger partial charge is 0.367 e. The molecule has 2 fully saturated rings. The minimum absolute atomic E-state index is 0.0558. The van der Waals surface area contributed by atoms with Crippen molar-refractivity contribution in [3.63, 3.8) is 0 Å². The molecule has 120 valence electrons. The number of nitrogens with one attached hydrogen (secondary N) is 2. The third-order valence-corrected chi connectivity index (χ3v) is 5.44. The van der Waals surface area contributed by atoms with Crippen molar-refractivity contribution in [1.82, 2.24) is 15.5 Å². The number of nitrogens with zero attached hydrogens (tertiary/aromatic N) is 1. The fourth-order valence-corrected chi connectivity index (χ4v) is 3.26. The van der Waals surface area contributed by atoms with Gasteiger partial charge in [0.2, 0.25) is 5.91 Å². The Bertz CT molecular complexity index is 427. The number of carbonyl (C=O) groups excluding carboxylic acids is 1. The van der Waals surface area contributed by atoms with Gasteiger partial charge in [-0.1, -0.05) is 26.1 Å². The number of hydrogen-bond acceptors (Lipinski definition) is 4. The fraction of sp³-hybridized carbons (Fsp3) is 0.867. The number of ether oxygens (including phenoxy) is 1. The van der Waals surface area contributed by atoms with Crippen LogP contribution in [0.2, 0.25) is 0 Å². The molecule has 2 N–H and O–H groups in total. The van der Waals surface area contributed by atoms with E-state index in [1.807, 2.05) is 18.9 Å². The number of likely N-dealkylation sites (N-methyl/N-ethyl adjacent to an activating group) is 1. The molecule has 6 heteroatoms. The van der Waals surface area contributed by atoms with Crippen LogP contribution in [0.5, 0.6) is 0 Å². The van der Waals surface area contributed by atoms with Crippen molar-refractivity contribution in [3.8, 4) is 0 Å². The topological polar surface area (TPSA) is 53.6 Å². The molecule has 1 unspecified atom stereocenters. The molecule has 0 bridgehead atoms. The van der Waals surface area contributed by atoms with Crippen molar-refractivity contribution < 1.29 is 9.53 Å². The molecule has 2 aliphatic heterocycles. The van der Waals surface area contributed by atoms with Crippen LogP contribution >= 0.6 is 12.2 Å². The van der Waals surface area contributed by atoms with E-state index < -0.39 is 0 Å². The lowest BCUT2D eigenvalue weighted by Gasteiger charge is -2.32. The standard InChI is InChI=1S/C15H27N3O2S/c1-9(16-5)13(21)17-11-6-7-20-12-8-15(3,4)10(2)18(12)14(11)19/h9-12,16H,6-8H2,1-5H3,(H,17,21)/t9-,10?,11-,12-/m0/s1. The molecule has 0 spiro atoms. The minimum atomic E-state index is -0.283. The predicted molar refractivity (Wildman–Crippen MR) is 87.1 cm³/mol. The highest BCUT2D eigenvalue weighted by Crippen LogP contribution is 2.41. The fourth-order valence-electron chi connectivity index (χ4n) is 3.00. The van der Waals surface area contributed by atoms with Gasteiger partial charge in [0, 0.05) is 6.04 Å². The maximum absolute atomic E-state index is 12.9. The molecule has 5 nitrogen and oxygen atoms in total. The first-order valence-electron chi connectivity index (χ1n) is 7.69. The van der Waals surface area contributed by atoms with E-state index in [1.54, 1.807) is 0 Å².